The van der Waals surface area contributed by atoms with Gasteiger partial charge in [0.15, 0.2) is 0 Å². The molecule has 0 atom stereocenters. The Morgan fingerprint density at radius 3 is 2.00 bits per heavy atom. The first-order valence-electron chi connectivity index (χ1n) is 5.35. The second-order valence-electron chi connectivity index (χ2n) is 4.17. The Balaban J connectivity index is 2.76. The first kappa shape index (κ1) is 12.8. The van der Waals surface area contributed by atoms with Crippen LogP contribution in [0, 0.1) is 6.92 Å². The van der Waals surface area contributed by atoms with Crippen molar-refractivity contribution in [2.24, 2.45) is 0 Å². The van der Waals surface area contributed by atoms with E-state index in [0.717, 1.165) is 0 Å². The maximum absolute atomic E-state index is 5.77. The molecule has 1 rings (SSSR count). The third-order valence-electron chi connectivity index (χ3n) is 1.91. The van der Waals surface area contributed by atoms with Gasteiger partial charge in [-0.15, -0.1) is 0 Å². The van der Waals surface area contributed by atoms with Crippen LogP contribution in [0.4, 0.5) is 0 Å². The van der Waals surface area contributed by atoms with Crippen molar-refractivity contribution in [3.63, 3.8) is 0 Å². The van der Waals surface area contributed by atoms with Crippen LogP contribution in [0.25, 0.3) is 0 Å². The first-order valence-corrected chi connectivity index (χ1v) is 6.23. The number of hydrogen-bond acceptors (Lipinski definition) is 3. The molecular formula is C11H19BO2S. The number of thiophene rings is 1. The van der Waals surface area contributed by atoms with Crippen LogP contribution in [-0.4, -0.2) is 19.3 Å². The lowest BCUT2D eigenvalue weighted by atomic mass is 9.84. The van der Waals surface area contributed by atoms with E-state index in [-0.39, 0.29) is 19.3 Å². The zero-order valence-electron chi connectivity index (χ0n) is 10.1. The molecule has 0 spiro atoms. The second-order valence-corrected chi connectivity index (χ2v) is 5.12. The van der Waals surface area contributed by atoms with Crippen molar-refractivity contribution in [2.75, 3.05) is 0 Å². The van der Waals surface area contributed by atoms with E-state index in [2.05, 4.69) is 18.4 Å². The van der Waals surface area contributed by atoms with Gasteiger partial charge in [0.05, 0.1) is 0 Å². The van der Waals surface area contributed by atoms with Crippen molar-refractivity contribution < 1.29 is 9.31 Å². The third kappa shape index (κ3) is 3.97. The topological polar surface area (TPSA) is 18.5 Å². The molecule has 84 valence electrons. The second kappa shape index (κ2) is 5.68. The highest BCUT2D eigenvalue weighted by molar-refractivity contribution is 7.21. The van der Waals surface area contributed by atoms with E-state index in [0.29, 0.717) is 0 Å². The summed E-state index contributed by atoms with van der Waals surface area (Å²) in [5.74, 6) is 0. The van der Waals surface area contributed by atoms with Crippen LogP contribution in [0.5, 0.6) is 0 Å². The maximum Gasteiger partial charge on any atom is 0.505 e. The minimum atomic E-state index is -0.218. The fourth-order valence-electron chi connectivity index (χ4n) is 1.28. The standard InChI is InChI=1S/C11H19BO2S/c1-8(2)13-12(14-9(3)4)11-10(5)6-7-15-11/h6-9H,1-5H3. The number of aryl methyl sites for hydroxylation is 1. The molecule has 1 aromatic rings. The molecule has 0 bridgehead atoms. The Morgan fingerprint density at radius 2 is 1.67 bits per heavy atom. The van der Waals surface area contributed by atoms with Crippen LogP contribution >= 0.6 is 11.3 Å². The molecule has 0 saturated heterocycles. The molecule has 0 aliphatic carbocycles. The molecule has 1 aromatic heterocycles. The molecule has 0 amide bonds. The van der Waals surface area contributed by atoms with Gasteiger partial charge in [-0.05, 0) is 51.6 Å². The molecule has 0 aliphatic rings. The molecule has 0 aliphatic heterocycles. The first-order chi connectivity index (χ1) is 7.00. The highest BCUT2D eigenvalue weighted by Gasteiger charge is 2.26. The van der Waals surface area contributed by atoms with E-state index >= 15 is 0 Å². The Bertz CT molecular complexity index is 287. The number of hydrogen-bond donors (Lipinski definition) is 0. The molecule has 0 saturated carbocycles. The summed E-state index contributed by atoms with van der Waals surface area (Å²) in [4.78, 5) is 0. The van der Waals surface area contributed by atoms with Gasteiger partial charge >= 0.3 is 7.12 Å². The average Bonchev–Trinajstić information content (AvgIpc) is 2.48. The average molecular weight is 226 g/mol. The van der Waals surface area contributed by atoms with Crippen molar-refractivity contribution in [1.82, 2.24) is 0 Å². The van der Waals surface area contributed by atoms with Gasteiger partial charge in [-0.3, -0.25) is 0 Å². The quantitative estimate of drug-likeness (QED) is 0.718. The molecule has 15 heavy (non-hydrogen) atoms. The van der Waals surface area contributed by atoms with Crippen LogP contribution in [0.3, 0.4) is 0 Å². The van der Waals surface area contributed by atoms with E-state index < -0.39 is 0 Å². The monoisotopic (exact) mass is 226 g/mol. The summed E-state index contributed by atoms with van der Waals surface area (Å²) in [5, 5.41) is 2.07. The summed E-state index contributed by atoms with van der Waals surface area (Å²) in [5.41, 5.74) is 1.24. The fourth-order valence-corrected chi connectivity index (χ4v) is 2.17. The molecule has 0 fully saturated rings. The van der Waals surface area contributed by atoms with Crippen LogP contribution in [0.15, 0.2) is 11.4 Å². The van der Waals surface area contributed by atoms with Gasteiger partial charge < -0.3 is 9.31 Å². The summed E-state index contributed by atoms with van der Waals surface area (Å²) >= 11 is 1.69. The Hall–Kier alpha value is -0.315. The lowest BCUT2D eigenvalue weighted by molar-refractivity contribution is 0.139. The minimum absolute atomic E-state index is 0.176. The summed E-state index contributed by atoms with van der Waals surface area (Å²) in [6, 6.07) is 2.10. The molecule has 0 aromatic carbocycles. The van der Waals surface area contributed by atoms with Crippen molar-refractivity contribution in [3.05, 3.63) is 17.0 Å². The SMILES string of the molecule is Cc1ccsc1B(OC(C)C)OC(C)C. The van der Waals surface area contributed by atoms with E-state index in [4.69, 9.17) is 9.31 Å². The van der Waals surface area contributed by atoms with Crippen molar-refractivity contribution in [3.8, 4) is 0 Å². The Morgan fingerprint density at radius 1 is 1.13 bits per heavy atom. The van der Waals surface area contributed by atoms with E-state index in [9.17, 15) is 0 Å². The lowest BCUT2D eigenvalue weighted by Gasteiger charge is -2.19. The summed E-state index contributed by atoms with van der Waals surface area (Å²) < 4.78 is 12.7. The predicted octanol–water partition coefficient (Wildman–Crippen LogP) is 2.60. The van der Waals surface area contributed by atoms with E-state index in [1.54, 1.807) is 11.3 Å². The molecular weight excluding hydrogens is 207 g/mol. The van der Waals surface area contributed by atoms with Crippen molar-refractivity contribution >= 4 is 23.2 Å². The Labute approximate surface area is 96.7 Å². The summed E-state index contributed by atoms with van der Waals surface area (Å²) in [6.45, 7) is 10.2. The zero-order valence-corrected chi connectivity index (χ0v) is 10.9. The normalized spacial score (nSPS) is 11.4. The zero-order chi connectivity index (χ0) is 11.4. The molecule has 4 heteroatoms. The van der Waals surface area contributed by atoms with Gasteiger partial charge in [0.1, 0.15) is 0 Å². The van der Waals surface area contributed by atoms with E-state index in [1.165, 1.54) is 10.3 Å². The largest absolute Gasteiger partial charge is 0.505 e. The van der Waals surface area contributed by atoms with Crippen LogP contribution < -0.4 is 4.78 Å². The smallest absolute Gasteiger partial charge is 0.405 e. The highest BCUT2D eigenvalue weighted by Crippen LogP contribution is 2.09. The van der Waals surface area contributed by atoms with Crippen LogP contribution in [-0.2, 0) is 9.31 Å². The fraction of sp³-hybridized carbons (Fsp3) is 0.636. The molecule has 2 nitrogen and oxygen atoms in total. The predicted molar refractivity (Wildman–Crippen MR) is 66.9 cm³/mol. The van der Waals surface area contributed by atoms with Gasteiger partial charge in [0.2, 0.25) is 0 Å². The molecule has 0 radical (unpaired) electrons. The van der Waals surface area contributed by atoms with Gasteiger partial charge in [-0.2, -0.15) is 11.3 Å². The van der Waals surface area contributed by atoms with Crippen molar-refractivity contribution in [2.45, 2.75) is 46.8 Å². The van der Waals surface area contributed by atoms with E-state index in [1.807, 2.05) is 27.7 Å². The molecule has 0 N–H and O–H groups in total. The number of rotatable bonds is 5. The van der Waals surface area contributed by atoms with Gasteiger partial charge in [-0.1, -0.05) is 0 Å². The van der Waals surface area contributed by atoms with Gasteiger partial charge in [0, 0.05) is 17.0 Å². The maximum atomic E-state index is 5.77. The summed E-state index contributed by atoms with van der Waals surface area (Å²) in [6.07, 6.45) is 0.352. The van der Waals surface area contributed by atoms with Gasteiger partial charge in [0.25, 0.3) is 0 Å². The van der Waals surface area contributed by atoms with Crippen LogP contribution in [0.2, 0.25) is 0 Å². The van der Waals surface area contributed by atoms with Crippen molar-refractivity contribution in [1.29, 1.82) is 0 Å². The van der Waals surface area contributed by atoms with Gasteiger partial charge in [-0.25, -0.2) is 0 Å². The van der Waals surface area contributed by atoms with Crippen LogP contribution in [0.1, 0.15) is 33.3 Å². The molecule has 1 heterocycles. The minimum Gasteiger partial charge on any atom is -0.405 e. The summed E-state index contributed by atoms with van der Waals surface area (Å²) in [7, 11) is -0.218. The molecule has 0 unspecified atom stereocenters. The highest BCUT2D eigenvalue weighted by atomic mass is 32.1. The Kier molecular flexibility index (Phi) is 4.83. The third-order valence-corrected chi connectivity index (χ3v) is 2.95. The lowest BCUT2D eigenvalue weighted by Crippen LogP contribution is -2.40.